The van der Waals surface area contributed by atoms with Crippen molar-refractivity contribution in [2.24, 2.45) is 0 Å². The van der Waals surface area contributed by atoms with Crippen LogP contribution in [0.4, 0.5) is 20.7 Å². The maximum atomic E-state index is 13.3. The van der Waals surface area contributed by atoms with Crippen molar-refractivity contribution in [2.45, 2.75) is 13.0 Å². The minimum atomic E-state index is -2.78. The Morgan fingerprint density at radius 1 is 1.17 bits per heavy atom. The van der Waals surface area contributed by atoms with E-state index in [1.165, 1.54) is 16.9 Å². The highest BCUT2D eigenvalue weighted by Crippen LogP contribution is 2.32. The molecule has 0 bridgehead atoms. The number of ether oxygens (including phenoxy) is 1. The molecular weight excluding hydrogens is 482 g/mol. The average molecular weight is 501 g/mol. The summed E-state index contributed by atoms with van der Waals surface area (Å²) >= 11 is 6.29. The molecule has 180 valence electrons. The van der Waals surface area contributed by atoms with Gasteiger partial charge in [-0.05, 0) is 12.1 Å². The van der Waals surface area contributed by atoms with E-state index < -0.39 is 6.55 Å². The molecule has 1 aliphatic rings. The van der Waals surface area contributed by atoms with E-state index in [0.29, 0.717) is 81.3 Å². The van der Waals surface area contributed by atoms with Crippen molar-refractivity contribution >= 4 is 40.2 Å². The summed E-state index contributed by atoms with van der Waals surface area (Å²) in [5.41, 5.74) is 9.53. The number of rotatable bonds is 5. The molecular formula is C21H19ClF2N10O. The topological polar surface area (TPSA) is 128 Å². The molecule has 3 N–H and O–H groups in total. The number of fused-ring (bicyclic) bond motifs is 2. The molecule has 11 nitrogen and oxygen atoms in total. The van der Waals surface area contributed by atoms with Crippen molar-refractivity contribution in [3.05, 3.63) is 47.1 Å². The molecule has 0 radical (unpaired) electrons. The lowest BCUT2D eigenvalue weighted by Gasteiger charge is -2.26. The predicted molar refractivity (Wildman–Crippen MR) is 125 cm³/mol. The first-order valence-corrected chi connectivity index (χ1v) is 11.2. The zero-order valence-electron chi connectivity index (χ0n) is 18.2. The van der Waals surface area contributed by atoms with Gasteiger partial charge in [0.1, 0.15) is 5.82 Å². The number of nitrogen functional groups attached to an aromatic ring is 1. The summed E-state index contributed by atoms with van der Waals surface area (Å²) in [7, 11) is 0. The number of para-hydroxylation sites is 1. The Hall–Kier alpha value is -3.84. The van der Waals surface area contributed by atoms with Crippen molar-refractivity contribution < 1.29 is 13.5 Å². The fraction of sp³-hybridized carbons (Fsp3) is 0.286. The van der Waals surface area contributed by atoms with E-state index in [1.54, 1.807) is 6.07 Å². The van der Waals surface area contributed by atoms with E-state index in [1.807, 2.05) is 17.0 Å². The number of aromatic nitrogens is 8. The van der Waals surface area contributed by atoms with E-state index in [4.69, 9.17) is 27.1 Å². The van der Waals surface area contributed by atoms with Crippen molar-refractivity contribution in [3.8, 4) is 11.1 Å². The van der Waals surface area contributed by atoms with Crippen LogP contribution in [0.1, 0.15) is 18.1 Å². The second-order valence-electron chi connectivity index (χ2n) is 8.02. The lowest BCUT2D eigenvalue weighted by molar-refractivity contribution is 0.0566. The van der Waals surface area contributed by atoms with Gasteiger partial charge in [0.2, 0.25) is 11.9 Å². The lowest BCUT2D eigenvalue weighted by Crippen LogP contribution is -2.37. The number of nitrogens with one attached hydrogen (secondary N) is 1. The largest absolute Gasteiger partial charge is 0.378 e. The second kappa shape index (κ2) is 8.43. The Balaban J connectivity index is 1.51. The number of alkyl halides is 2. The molecule has 1 aromatic carbocycles. The number of nitrogens with zero attached hydrogens (tertiary/aromatic N) is 8. The van der Waals surface area contributed by atoms with Gasteiger partial charge in [0.15, 0.2) is 5.65 Å². The highest BCUT2D eigenvalue weighted by Gasteiger charge is 2.24. The smallest absolute Gasteiger partial charge is 0.333 e. The fourth-order valence-electron chi connectivity index (χ4n) is 4.17. The van der Waals surface area contributed by atoms with E-state index >= 15 is 0 Å². The number of aromatic amines is 1. The van der Waals surface area contributed by atoms with Gasteiger partial charge in [-0.1, -0.05) is 17.7 Å². The molecule has 0 spiro atoms. The van der Waals surface area contributed by atoms with Gasteiger partial charge in [0.05, 0.1) is 53.1 Å². The van der Waals surface area contributed by atoms with Crippen molar-refractivity contribution in [2.75, 3.05) is 36.9 Å². The lowest BCUT2D eigenvalue weighted by atomic mass is 10.1. The van der Waals surface area contributed by atoms with E-state index in [-0.39, 0.29) is 12.4 Å². The Morgan fingerprint density at radius 2 is 2.00 bits per heavy atom. The summed E-state index contributed by atoms with van der Waals surface area (Å²) < 4.78 is 34.0. The normalized spacial score (nSPS) is 14.6. The van der Waals surface area contributed by atoms with Gasteiger partial charge >= 0.3 is 6.55 Å². The monoisotopic (exact) mass is 500 g/mol. The molecule has 1 aliphatic heterocycles. The molecule has 6 rings (SSSR count). The average Bonchev–Trinajstić information content (AvgIpc) is 3.57. The standard InChI is InChI=1S/C21H19ClF2N10O/c22-12-2-1-3-13-17(12)28-15(27-13)8-14-16(11-9-26-33(10-11)19(23)24)18-29-21(30-20(25)34(18)31-14)32-4-6-35-7-5-32/h1-3,9-10,19H,4-8H2,(H,27,28)(H2,25,29,30). The molecule has 0 aliphatic carbocycles. The Morgan fingerprint density at radius 3 is 2.74 bits per heavy atom. The first-order valence-electron chi connectivity index (χ1n) is 10.8. The third kappa shape index (κ3) is 3.82. The summed E-state index contributed by atoms with van der Waals surface area (Å²) in [4.78, 5) is 18.9. The van der Waals surface area contributed by atoms with Crippen LogP contribution in [0.2, 0.25) is 5.02 Å². The Bertz CT molecular complexity index is 1540. The van der Waals surface area contributed by atoms with Gasteiger partial charge in [-0.25, -0.2) is 9.67 Å². The van der Waals surface area contributed by atoms with Crippen LogP contribution >= 0.6 is 11.6 Å². The van der Waals surface area contributed by atoms with Gasteiger partial charge in [-0.3, -0.25) is 0 Å². The Labute approximate surface area is 201 Å². The maximum absolute atomic E-state index is 13.3. The Kier molecular flexibility index (Phi) is 5.22. The minimum Gasteiger partial charge on any atom is -0.378 e. The van der Waals surface area contributed by atoms with Gasteiger partial charge in [0.25, 0.3) is 0 Å². The number of nitrogens with two attached hydrogens (primary N) is 1. The van der Waals surface area contributed by atoms with E-state index in [9.17, 15) is 8.78 Å². The number of anilines is 2. The molecule has 14 heteroatoms. The van der Waals surface area contributed by atoms with Crippen LogP contribution < -0.4 is 10.6 Å². The van der Waals surface area contributed by atoms with Crippen molar-refractivity contribution in [3.63, 3.8) is 0 Å². The summed E-state index contributed by atoms with van der Waals surface area (Å²) in [6.07, 6.45) is 2.86. The van der Waals surface area contributed by atoms with Crippen LogP contribution in [0.15, 0.2) is 30.6 Å². The van der Waals surface area contributed by atoms with Crippen LogP contribution in [0.5, 0.6) is 0 Å². The third-order valence-electron chi connectivity index (χ3n) is 5.81. The van der Waals surface area contributed by atoms with Crippen molar-refractivity contribution in [1.82, 2.24) is 39.3 Å². The minimum absolute atomic E-state index is 0.123. The van der Waals surface area contributed by atoms with Gasteiger partial charge in [-0.2, -0.15) is 33.5 Å². The number of H-pyrrole nitrogens is 1. The fourth-order valence-corrected chi connectivity index (χ4v) is 4.39. The highest BCUT2D eigenvalue weighted by molar-refractivity contribution is 6.34. The summed E-state index contributed by atoms with van der Waals surface area (Å²) in [6, 6.07) is 5.43. The zero-order valence-corrected chi connectivity index (χ0v) is 19.0. The number of morpholine rings is 1. The number of imidazole rings is 1. The molecule has 1 saturated heterocycles. The summed E-state index contributed by atoms with van der Waals surface area (Å²) in [5.74, 6) is 1.14. The van der Waals surface area contributed by atoms with Gasteiger partial charge < -0.3 is 20.4 Å². The summed E-state index contributed by atoms with van der Waals surface area (Å²) in [5, 5.41) is 8.96. The van der Waals surface area contributed by atoms with Gasteiger partial charge in [0, 0.05) is 24.8 Å². The third-order valence-corrected chi connectivity index (χ3v) is 6.12. The van der Waals surface area contributed by atoms with Crippen LogP contribution in [0.25, 0.3) is 27.8 Å². The SMILES string of the molecule is Nc1nc(N2CCOCC2)nc2c(-c3cnn(C(F)F)c3)c(Cc3nc4cccc(Cl)c4[nH]3)nn12. The maximum Gasteiger partial charge on any atom is 0.333 e. The predicted octanol–water partition coefficient (Wildman–Crippen LogP) is 2.92. The molecule has 0 amide bonds. The van der Waals surface area contributed by atoms with Crippen LogP contribution in [0, 0.1) is 0 Å². The van der Waals surface area contributed by atoms with Crippen molar-refractivity contribution in [1.29, 1.82) is 0 Å². The molecule has 5 aromatic rings. The summed E-state index contributed by atoms with van der Waals surface area (Å²) in [6.45, 7) is -0.483. The number of benzene rings is 1. The van der Waals surface area contributed by atoms with Crippen LogP contribution in [0.3, 0.4) is 0 Å². The first kappa shape index (κ1) is 21.7. The molecule has 1 fully saturated rings. The molecule has 0 saturated carbocycles. The highest BCUT2D eigenvalue weighted by atomic mass is 35.5. The number of hydrogen-bond acceptors (Lipinski definition) is 8. The van der Waals surface area contributed by atoms with E-state index in [0.717, 1.165) is 0 Å². The quantitative estimate of drug-likeness (QED) is 0.377. The zero-order chi connectivity index (χ0) is 24.1. The van der Waals surface area contributed by atoms with Crippen LogP contribution in [-0.2, 0) is 11.2 Å². The molecule has 5 heterocycles. The molecule has 0 unspecified atom stereocenters. The van der Waals surface area contributed by atoms with E-state index in [2.05, 4.69) is 25.1 Å². The van der Waals surface area contributed by atoms with Gasteiger partial charge in [-0.15, -0.1) is 0 Å². The number of halogens is 3. The molecule has 35 heavy (non-hydrogen) atoms. The molecule has 4 aromatic heterocycles. The first-order chi connectivity index (χ1) is 17.0. The van der Waals surface area contributed by atoms with Crippen LogP contribution in [-0.4, -0.2) is 65.6 Å². The molecule has 0 atom stereocenters. The number of hydrogen-bond donors (Lipinski definition) is 2. The second-order valence-corrected chi connectivity index (χ2v) is 8.43.